The Balaban J connectivity index is 2.01. The van der Waals surface area contributed by atoms with E-state index in [2.05, 4.69) is 85.3 Å². The molecule has 2 unspecified atom stereocenters. The second-order valence-corrected chi connectivity index (χ2v) is 7.42. The maximum absolute atomic E-state index is 8.67. The molecule has 2 heterocycles. The van der Waals surface area contributed by atoms with Gasteiger partial charge in [0, 0.05) is 11.6 Å². The van der Waals surface area contributed by atoms with Gasteiger partial charge in [-0.3, -0.25) is 0 Å². The molecule has 0 spiro atoms. The number of allylic oxidation sites excluding steroid dienone is 1. The van der Waals surface area contributed by atoms with Gasteiger partial charge in [-0.2, -0.15) is 0 Å². The molecule has 1 N–H and O–H groups in total. The van der Waals surface area contributed by atoms with E-state index in [1.54, 1.807) is 0 Å². The lowest BCUT2D eigenvalue weighted by Crippen LogP contribution is -2.14. The Bertz CT molecular complexity index is 962. The second-order valence-electron chi connectivity index (χ2n) is 7.42. The van der Waals surface area contributed by atoms with Gasteiger partial charge >= 0.3 is 0 Å². The van der Waals surface area contributed by atoms with E-state index in [9.17, 15) is 0 Å². The SMILES string of the molecule is CCC1C(c2ccccc2)=Cn2c(cc3ccccc32)C(=N)CCC1C. The smallest absolute Gasteiger partial charge is 0.0670 e. The topological polar surface area (TPSA) is 28.8 Å². The summed E-state index contributed by atoms with van der Waals surface area (Å²) in [6.07, 6.45) is 5.31. The number of para-hydroxylation sites is 1. The van der Waals surface area contributed by atoms with Gasteiger partial charge in [0.25, 0.3) is 0 Å². The normalized spacial score (nSPS) is 20.8. The Hall–Kier alpha value is -2.61. The molecule has 1 aromatic heterocycles. The van der Waals surface area contributed by atoms with Crippen LogP contribution in [-0.4, -0.2) is 10.3 Å². The number of hydrogen-bond acceptors (Lipinski definition) is 1. The molecule has 2 aromatic carbocycles. The standard InChI is InChI=1S/C24H26N2/c1-3-20-17(2)13-14-22(25)24-15-19-11-7-8-12-23(19)26(24)16-21(20)18-9-5-4-6-10-18/h4-12,15-17,20,25H,3,13-14H2,1-2H3. The van der Waals surface area contributed by atoms with Gasteiger partial charge in [-0.05, 0) is 54.4 Å². The predicted octanol–water partition coefficient (Wildman–Crippen LogP) is 6.46. The predicted molar refractivity (Wildman–Crippen MR) is 112 cm³/mol. The highest BCUT2D eigenvalue weighted by molar-refractivity contribution is 6.03. The molecule has 0 saturated carbocycles. The highest BCUT2D eigenvalue weighted by Gasteiger charge is 2.25. The van der Waals surface area contributed by atoms with Gasteiger partial charge in [0.2, 0.25) is 0 Å². The van der Waals surface area contributed by atoms with Crippen LogP contribution in [0, 0.1) is 17.2 Å². The molecule has 0 saturated heterocycles. The van der Waals surface area contributed by atoms with Crippen LogP contribution in [0.2, 0.25) is 0 Å². The average Bonchev–Trinajstić information content (AvgIpc) is 3.06. The molecule has 0 aliphatic carbocycles. The van der Waals surface area contributed by atoms with E-state index in [0.29, 0.717) is 11.8 Å². The first-order valence-corrected chi connectivity index (χ1v) is 9.64. The van der Waals surface area contributed by atoms with Gasteiger partial charge < -0.3 is 9.98 Å². The van der Waals surface area contributed by atoms with Gasteiger partial charge in [0.1, 0.15) is 0 Å². The lowest BCUT2D eigenvalue weighted by molar-refractivity contribution is 0.410. The maximum Gasteiger partial charge on any atom is 0.0670 e. The number of hydrogen-bond donors (Lipinski definition) is 1. The van der Waals surface area contributed by atoms with Gasteiger partial charge in [-0.1, -0.05) is 62.4 Å². The van der Waals surface area contributed by atoms with Gasteiger partial charge in [-0.25, -0.2) is 0 Å². The molecule has 0 bridgehead atoms. The molecular formula is C24H26N2. The highest BCUT2D eigenvalue weighted by atomic mass is 15.0. The van der Waals surface area contributed by atoms with Crippen molar-refractivity contribution in [3.05, 3.63) is 71.9 Å². The fraction of sp³-hybridized carbons (Fsp3) is 0.292. The fourth-order valence-corrected chi connectivity index (χ4v) is 4.33. The molecule has 0 amide bonds. The summed E-state index contributed by atoms with van der Waals surface area (Å²) in [5.74, 6) is 1.06. The van der Waals surface area contributed by atoms with E-state index in [0.717, 1.165) is 30.7 Å². The van der Waals surface area contributed by atoms with Crippen molar-refractivity contribution in [3.63, 3.8) is 0 Å². The van der Waals surface area contributed by atoms with E-state index in [1.807, 2.05) is 0 Å². The third-order valence-electron chi connectivity index (χ3n) is 5.81. The zero-order valence-electron chi connectivity index (χ0n) is 15.6. The summed E-state index contributed by atoms with van der Waals surface area (Å²) >= 11 is 0. The lowest BCUT2D eigenvalue weighted by Gasteiger charge is -2.25. The molecule has 26 heavy (non-hydrogen) atoms. The lowest BCUT2D eigenvalue weighted by atomic mass is 9.80. The third kappa shape index (κ3) is 2.90. The number of rotatable bonds is 2. The van der Waals surface area contributed by atoms with Crippen LogP contribution < -0.4 is 0 Å². The largest absolute Gasteiger partial charge is 0.314 e. The zero-order chi connectivity index (χ0) is 18.1. The molecule has 0 radical (unpaired) electrons. The van der Waals surface area contributed by atoms with Crippen molar-refractivity contribution in [2.24, 2.45) is 11.8 Å². The minimum absolute atomic E-state index is 0.498. The summed E-state index contributed by atoms with van der Waals surface area (Å²) in [6, 6.07) is 21.4. The molecule has 1 aliphatic heterocycles. The van der Waals surface area contributed by atoms with Crippen LogP contribution in [0.3, 0.4) is 0 Å². The van der Waals surface area contributed by atoms with Crippen LogP contribution in [0.4, 0.5) is 0 Å². The number of nitrogens with zero attached hydrogens (tertiary/aromatic N) is 1. The Morgan fingerprint density at radius 2 is 1.77 bits per heavy atom. The maximum atomic E-state index is 8.67. The molecule has 2 heteroatoms. The number of fused-ring (bicyclic) bond motifs is 3. The minimum Gasteiger partial charge on any atom is -0.314 e. The Morgan fingerprint density at radius 3 is 2.54 bits per heavy atom. The van der Waals surface area contributed by atoms with E-state index >= 15 is 0 Å². The molecule has 2 atom stereocenters. The molecule has 3 aromatic rings. The van der Waals surface area contributed by atoms with E-state index < -0.39 is 0 Å². The summed E-state index contributed by atoms with van der Waals surface area (Å²) in [5.41, 5.74) is 5.64. The Kier molecular flexibility index (Phi) is 4.50. The molecule has 2 nitrogen and oxygen atoms in total. The summed E-state index contributed by atoms with van der Waals surface area (Å²) < 4.78 is 2.25. The molecular weight excluding hydrogens is 316 g/mol. The zero-order valence-corrected chi connectivity index (χ0v) is 15.6. The van der Waals surface area contributed by atoms with E-state index in [-0.39, 0.29) is 0 Å². The van der Waals surface area contributed by atoms with Crippen LogP contribution in [0.1, 0.15) is 44.4 Å². The fourth-order valence-electron chi connectivity index (χ4n) is 4.33. The van der Waals surface area contributed by atoms with E-state index in [1.165, 1.54) is 22.0 Å². The number of aromatic nitrogens is 1. The van der Waals surface area contributed by atoms with Crippen molar-refractivity contribution in [2.75, 3.05) is 0 Å². The Labute approximate surface area is 155 Å². The van der Waals surface area contributed by atoms with Crippen LogP contribution in [0.25, 0.3) is 22.7 Å². The second kappa shape index (κ2) is 6.95. The first kappa shape index (κ1) is 16.8. The molecule has 132 valence electrons. The number of nitrogens with one attached hydrogen (secondary N) is 1. The van der Waals surface area contributed by atoms with Crippen LogP contribution in [0.5, 0.6) is 0 Å². The third-order valence-corrected chi connectivity index (χ3v) is 5.81. The minimum atomic E-state index is 0.498. The first-order chi connectivity index (χ1) is 12.7. The van der Waals surface area contributed by atoms with Gasteiger partial charge in [0.15, 0.2) is 0 Å². The van der Waals surface area contributed by atoms with Crippen molar-refractivity contribution in [3.8, 4) is 0 Å². The molecule has 1 aliphatic rings. The van der Waals surface area contributed by atoms with E-state index in [4.69, 9.17) is 5.41 Å². The molecule has 4 rings (SSSR count). The highest BCUT2D eigenvalue weighted by Crippen LogP contribution is 2.37. The number of benzene rings is 2. The molecule has 0 fully saturated rings. The first-order valence-electron chi connectivity index (χ1n) is 9.64. The van der Waals surface area contributed by atoms with Gasteiger partial charge in [-0.15, -0.1) is 0 Å². The summed E-state index contributed by atoms with van der Waals surface area (Å²) in [6.45, 7) is 4.63. The van der Waals surface area contributed by atoms with Crippen molar-refractivity contribution in [1.29, 1.82) is 5.41 Å². The summed E-state index contributed by atoms with van der Waals surface area (Å²) in [4.78, 5) is 0. The average molecular weight is 342 g/mol. The van der Waals surface area contributed by atoms with Crippen molar-refractivity contribution in [1.82, 2.24) is 4.57 Å². The summed E-state index contributed by atoms with van der Waals surface area (Å²) in [7, 11) is 0. The van der Waals surface area contributed by atoms with Gasteiger partial charge in [0.05, 0.1) is 16.9 Å². The summed E-state index contributed by atoms with van der Waals surface area (Å²) in [5, 5.41) is 9.88. The monoisotopic (exact) mass is 342 g/mol. The van der Waals surface area contributed by atoms with Crippen molar-refractivity contribution >= 4 is 28.4 Å². The quantitative estimate of drug-likeness (QED) is 0.553. The Morgan fingerprint density at radius 1 is 1.04 bits per heavy atom. The van der Waals surface area contributed by atoms with Crippen molar-refractivity contribution < 1.29 is 0 Å². The van der Waals surface area contributed by atoms with Crippen LogP contribution >= 0.6 is 0 Å². The van der Waals surface area contributed by atoms with Crippen LogP contribution in [0.15, 0.2) is 60.7 Å². The van der Waals surface area contributed by atoms with Crippen LogP contribution in [-0.2, 0) is 0 Å². The van der Waals surface area contributed by atoms with Crippen molar-refractivity contribution in [2.45, 2.75) is 33.1 Å².